The highest BCUT2D eigenvalue weighted by molar-refractivity contribution is 6.33. The van der Waals surface area contributed by atoms with Crippen molar-refractivity contribution in [2.75, 3.05) is 0 Å². The van der Waals surface area contributed by atoms with Gasteiger partial charge in [-0.2, -0.15) is 0 Å². The summed E-state index contributed by atoms with van der Waals surface area (Å²) in [5.74, 6) is -2.07. The van der Waals surface area contributed by atoms with Crippen molar-refractivity contribution in [3.8, 4) is 5.69 Å². The molecule has 0 radical (unpaired) electrons. The van der Waals surface area contributed by atoms with Gasteiger partial charge in [0.25, 0.3) is 0 Å². The number of aromatic carboxylic acids is 2. The van der Waals surface area contributed by atoms with Gasteiger partial charge in [-0.3, -0.25) is 4.99 Å². The van der Waals surface area contributed by atoms with Gasteiger partial charge in [-0.25, -0.2) is 9.59 Å². The van der Waals surface area contributed by atoms with Gasteiger partial charge in [-0.15, -0.1) is 0 Å². The largest absolute Gasteiger partial charge is 0.478 e. The summed E-state index contributed by atoms with van der Waals surface area (Å²) in [5, 5.41) is 18.5. The van der Waals surface area contributed by atoms with Crippen LogP contribution < -0.4 is 0 Å². The van der Waals surface area contributed by atoms with Crippen LogP contribution in [0.2, 0.25) is 5.02 Å². The summed E-state index contributed by atoms with van der Waals surface area (Å²) in [4.78, 5) is 26.8. The van der Waals surface area contributed by atoms with E-state index in [1.54, 1.807) is 30.5 Å². The third kappa shape index (κ3) is 4.07. The molecular formula is C22H19ClN2O4. The summed E-state index contributed by atoms with van der Waals surface area (Å²) in [6, 6.07) is 11.6. The smallest absolute Gasteiger partial charge is 0.337 e. The Morgan fingerprint density at radius 2 is 1.72 bits per heavy atom. The molecule has 0 spiro atoms. The van der Waals surface area contributed by atoms with Crippen LogP contribution in [-0.2, 0) is 0 Å². The molecule has 1 heterocycles. The lowest BCUT2D eigenvalue weighted by Gasteiger charge is -2.11. The number of halogens is 1. The molecule has 2 aromatic carbocycles. The van der Waals surface area contributed by atoms with Crippen LogP contribution in [0, 0.1) is 20.8 Å². The third-order valence-electron chi connectivity index (χ3n) is 4.71. The first-order valence-electron chi connectivity index (χ1n) is 8.79. The maximum Gasteiger partial charge on any atom is 0.337 e. The van der Waals surface area contributed by atoms with Crippen molar-refractivity contribution in [2.24, 2.45) is 4.99 Å². The van der Waals surface area contributed by atoms with E-state index in [-0.39, 0.29) is 16.1 Å². The Balaban J connectivity index is 2.00. The average Bonchev–Trinajstić information content (AvgIpc) is 2.93. The van der Waals surface area contributed by atoms with Crippen molar-refractivity contribution in [2.45, 2.75) is 20.8 Å². The zero-order valence-electron chi connectivity index (χ0n) is 16.1. The highest BCUT2D eigenvalue weighted by atomic mass is 35.5. The molecule has 148 valence electrons. The second-order valence-electron chi connectivity index (χ2n) is 6.70. The van der Waals surface area contributed by atoms with Crippen molar-refractivity contribution >= 4 is 35.4 Å². The van der Waals surface area contributed by atoms with Crippen LogP contribution >= 0.6 is 11.6 Å². The number of carbonyl (C=O) groups is 2. The van der Waals surface area contributed by atoms with E-state index in [4.69, 9.17) is 21.8 Å². The minimum atomic E-state index is -1.07. The summed E-state index contributed by atoms with van der Waals surface area (Å²) in [5.41, 5.74) is 5.13. The van der Waals surface area contributed by atoms with E-state index in [9.17, 15) is 9.59 Å². The molecule has 0 unspecified atom stereocenters. The van der Waals surface area contributed by atoms with Crippen molar-refractivity contribution in [1.29, 1.82) is 0 Å². The van der Waals surface area contributed by atoms with Crippen molar-refractivity contribution in [1.82, 2.24) is 4.57 Å². The van der Waals surface area contributed by atoms with E-state index in [1.165, 1.54) is 12.1 Å². The molecule has 0 saturated carbocycles. The van der Waals surface area contributed by atoms with Gasteiger partial charge < -0.3 is 14.8 Å². The molecule has 0 bridgehead atoms. The van der Waals surface area contributed by atoms with Crippen molar-refractivity contribution in [3.63, 3.8) is 0 Å². The summed E-state index contributed by atoms with van der Waals surface area (Å²) >= 11 is 6.12. The molecule has 3 aromatic rings. The maximum absolute atomic E-state index is 11.2. The van der Waals surface area contributed by atoms with Crippen molar-refractivity contribution in [3.05, 3.63) is 81.1 Å². The molecule has 7 heteroatoms. The average molecular weight is 411 g/mol. The number of carboxylic acids is 2. The Kier molecular flexibility index (Phi) is 5.57. The van der Waals surface area contributed by atoms with E-state index < -0.39 is 11.9 Å². The topological polar surface area (TPSA) is 91.9 Å². The van der Waals surface area contributed by atoms with E-state index in [0.29, 0.717) is 5.69 Å². The number of hydrogen-bond acceptors (Lipinski definition) is 3. The molecule has 0 fully saturated rings. The number of rotatable bonds is 5. The fraction of sp³-hybridized carbons (Fsp3) is 0.136. The molecule has 1 aromatic heterocycles. The standard InChI is InChI=1S/C22H19ClN2O4/c1-12-4-5-15(21(26)27)9-20(12)24-11-16-8-13(2)25(14(16)3)17-6-7-18(22(28)29)19(23)10-17/h4-11H,1-3H3,(H,26,27)(H,28,29). The second kappa shape index (κ2) is 7.93. The number of carboxylic acid groups (broad SMARTS) is 2. The van der Waals surface area contributed by atoms with Crippen LogP contribution in [0.3, 0.4) is 0 Å². The molecule has 0 atom stereocenters. The first-order chi connectivity index (χ1) is 13.7. The molecule has 2 N–H and O–H groups in total. The Labute approximate surface area is 172 Å². The molecule has 0 aliphatic heterocycles. The number of aryl methyl sites for hydroxylation is 2. The SMILES string of the molecule is Cc1ccc(C(=O)O)cc1N=Cc1cc(C)n(-c2ccc(C(=O)O)c(Cl)c2)c1C. The van der Waals surface area contributed by atoms with Gasteiger partial charge in [0.1, 0.15) is 0 Å². The number of aliphatic imine (C=N–C) groups is 1. The Morgan fingerprint density at radius 3 is 2.34 bits per heavy atom. The number of benzene rings is 2. The summed E-state index contributed by atoms with van der Waals surface area (Å²) < 4.78 is 1.96. The van der Waals surface area contributed by atoms with Crippen LogP contribution in [0.15, 0.2) is 47.5 Å². The molecule has 6 nitrogen and oxygen atoms in total. The lowest BCUT2D eigenvalue weighted by molar-refractivity contribution is 0.0686. The Hall–Kier alpha value is -3.38. The van der Waals surface area contributed by atoms with Crippen LogP contribution in [0.1, 0.15) is 43.2 Å². The molecule has 3 rings (SSSR count). The van der Waals surface area contributed by atoms with E-state index in [1.807, 2.05) is 31.4 Å². The van der Waals surface area contributed by atoms with Gasteiger partial charge >= 0.3 is 11.9 Å². The quantitative estimate of drug-likeness (QED) is 0.565. The number of nitrogens with zero attached hydrogens (tertiary/aromatic N) is 2. The van der Waals surface area contributed by atoms with Gasteiger partial charge in [0.05, 0.1) is 21.8 Å². The number of hydrogen-bond donors (Lipinski definition) is 2. The first kappa shape index (κ1) is 20.4. The summed E-state index contributed by atoms with van der Waals surface area (Å²) in [7, 11) is 0. The van der Waals surface area contributed by atoms with Crippen LogP contribution in [0.4, 0.5) is 5.69 Å². The lowest BCUT2D eigenvalue weighted by atomic mass is 10.1. The fourth-order valence-corrected chi connectivity index (χ4v) is 3.41. The molecular weight excluding hydrogens is 392 g/mol. The van der Waals surface area contributed by atoms with Gasteiger partial charge in [0.15, 0.2) is 0 Å². The van der Waals surface area contributed by atoms with Gasteiger partial charge in [-0.05, 0) is 62.7 Å². The Morgan fingerprint density at radius 1 is 1.00 bits per heavy atom. The van der Waals surface area contributed by atoms with Gasteiger partial charge in [0, 0.05) is 28.9 Å². The highest BCUT2D eigenvalue weighted by Crippen LogP contribution is 2.26. The fourth-order valence-electron chi connectivity index (χ4n) is 3.15. The molecule has 0 aliphatic carbocycles. The van der Waals surface area contributed by atoms with Crippen LogP contribution in [-0.4, -0.2) is 32.9 Å². The zero-order valence-corrected chi connectivity index (χ0v) is 16.9. The van der Waals surface area contributed by atoms with Gasteiger partial charge in [-0.1, -0.05) is 17.7 Å². The molecule has 0 aliphatic rings. The molecule has 0 saturated heterocycles. The minimum Gasteiger partial charge on any atom is -0.478 e. The third-order valence-corrected chi connectivity index (χ3v) is 5.02. The summed E-state index contributed by atoms with van der Waals surface area (Å²) in [6.45, 7) is 5.72. The predicted molar refractivity (Wildman–Crippen MR) is 113 cm³/mol. The Bertz CT molecular complexity index is 1160. The minimum absolute atomic E-state index is 0.0495. The second-order valence-corrected chi connectivity index (χ2v) is 7.10. The predicted octanol–water partition coefficient (Wildman–Crippen LogP) is 5.20. The van der Waals surface area contributed by atoms with Crippen LogP contribution in [0.5, 0.6) is 0 Å². The zero-order chi connectivity index (χ0) is 21.3. The molecule has 29 heavy (non-hydrogen) atoms. The summed E-state index contributed by atoms with van der Waals surface area (Å²) in [6.07, 6.45) is 1.69. The normalized spacial score (nSPS) is 11.2. The van der Waals surface area contributed by atoms with Crippen LogP contribution in [0.25, 0.3) is 5.69 Å². The van der Waals surface area contributed by atoms with E-state index in [0.717, 1.165) is 28.2 Å². The lowest BCUT2D eigenvalue weighted by Crippen LogP contribution is -2.02. The monoisotopic (exact) mass is 410 g/mol. The number of aromatic nitrogens is 1. The highest BCUT2D eigenvalue weighted by Gasteiger charge is 2.14. The van der Waals surface area contributed by atoms with E-state index >= 15 is 0 Å². The molecule has 0 amide bonds. The van der Waals surface area contributed by atoms with Gasteiger partial charge in [0.2, 0.25) is 0 Å². The first-order valence-corrected chi connectivity index (χ1v) is 9.17. The maximum atomic E-state index is 11.2. The van der Waals surface area contributed by atoms with Crippen molar-refractivity contribution < 1.29 is 19.8 Å². The van der Waals surface area contributed by atoms with E-state index in [2.05, 4.69) is 4.99 Å².